The van der Waals surface area contributed by atoms with Crippen molar-refractivity contribution in [3.05, 3.63) is 34.9 Å². The Hall–Kier alpha value is -0.860. The second-order valence-corrected chi connectivity index (χ2v) is 7.20. The number of aryl methyl sites for hydroxylation is 2. The monoisotopic (exact) mass is 288 g/mol. The van der Waals surface area contributed by atoms with E-state index in [4.69, 9.17) is 5.73 Å². The number of hydrogen-bond acceptors (Lipinski definition) is 2. The van der Waals surface area contributed by atoms with Gasteiger partial charge in [0.1, 0.15) is 0 Å². The molecule has 0 heterocycles. The van der Waals surface area contributed by atoms with E-state index < -0.39 is 0 Å². The highest BCUT2D eigenvalue weighted by Crippen LogP contribution is 2.32. The van der Waals surface area contributed by atoms with Crippen LogP contribution in [0.25, 0.3) is 0 Å². The highest BCUT2D eigenvalue weighted by Gasteiger charge is 2.29. The van der Waals surface area contributed by atoms with E-state index in [1.54, 1.807) is 0 Å². The molecule has 1 aromatic rings. The summed E-state index contributed by atoms with van der Waals surface area (Å²) in [6.45, 7) is 10.9. The molecule has 0 amide bonds. The van der Waals surface area contributed by atoms with Gasteiger partial charge >= 0.3 is 0 Å². The Morgan fingerprint density at radius 2 is 1.67 bits per heavy atom. The van der Waals surface area contributed by atoms with Gasteiger partial charge in [0, 0.05) is 25.2 Å². The van der Waals surface area contributed by atoms with E-state index >= 15 is 0 Å². The summed E-state index contributed by atoms with van der Waals surface area (Å²) in [6.07, 6.45) is 5.44. The number of rotatable bonds is 6. The van der Waals surface area contributed by atoms with Crippen LogP contribution >= 0.6 is 0 Å². The van der Waals surface area contributed by atoms with Gasteiger partial charge in [0.2, 0.25) is 0 Å². The first-order valence-corrected chi connectivity index (χ1v) is 8.55. The van der Waals surface area contributed by atoms with Crippen molar-refractivity contribution in [3.8, 4) is 0 Å². The van der Waals surface area contributed by atoms with Gasteiger partial charge in [-0.15, -0.1) is 0 Å². The minimum Gasteiger partial charge on any atom is -0.329 e. The van der Waals surface area contributed by atoms with Gasteiger partial charge in [-0.2, -0.15) is 0 Å². The van der Waals surface area contributed by atoms with Crippen LogP contribution in [-0.2, 0) is 0 Å². The third-order valence-corrected chi connectivity index (χ3v) is 4.62. The lowest BCUT2D eigenvalue weighted by Gasteiger charge is -2.37. The standard InChI is InChI=1S/C19H32N2/c1-14(2)13-21(18-7-5-6-8-18)19(12-20)17-10-15(3)9-16(4)11-17/h9-11,14,18-19H,5-8,12-13,20H2,1-4H3. The average Bonchev–Trinajstić information content (AvgIpc) is 2.90. The molecule has 2 nitrogen and oxygen atoms in total. The highest BCUT2D eigenvalue weighted by molar-refractivity contribution is 5.31. The van der Waals surface area contributed by atoms with Gasteiger partial charge in [-0.1, -0.05) is 56.0 Å². The molecule has 2 rings (SSSR count). The zero-order valence-corrected chi connectivity index (χ0v) is 14.2. The molecule has 21 heavy (non-hydrogen) atoms. The first kappa shape index (κ1) is 16.5. The third kappa shape index (κ3) is 4.31. The van der Waals surface area contributed by atoms with Crippen molar-refractivity contribution in [3.63, 3.8) is 0 Å². The topological polar surface area (TPSA) is 29.3 Å². The smallest absolute Gasteiger partial charge is 0.0473 e. The predicted octanol–water partition coefficient (Wildman–Crippen LogP) is 4.20. The van der Waals surface area contributed by atoms with Crippen LogP contribution in [0.1, 0.15) is 62.3 Å². The normalized spacial score (nSPS) is 17.9. The Morgan fingerprint density at radius 3 is 2.14 bits per heavy atom. The molecule has 1 aromatic carbocycles. The maximum Gasteiger partial charge on any atom is 0.0473 e. The summed E-state index contributed by atoms with van der Waals surface area (Å²) >= 11 is 0. The summed E-state index contributed by atoms with van der Waals surface area (Å²) in [6, 6.07) is 8.00. The molecule has 0 saturated heterocycles. The summed E-state index contributed by atoms with van der Waals surface area (Å²) in [4.78, 5) is 2.70. The number of nitrogens with two attached hydrogens (primary N) is 1. The van der Waals surface area contributed by atoms with E-state index in [1.807, 2.05) is 0 Å². The largest absolute Gasteiger partial charge is 0.329 e. The van der Waals surface area contributed by atoms with E-state index in [-0.39, 0.29) is 0 Å². The second-order valence-electron chi connectivity index (χ2n) is 7.20. The van der Waals surface area contributed by atoms with E-state index in [2.05, 4.69) is 50.8 Å². The van der Waals surface area contributed by atoms with Crippen LogP contribution < -0.4 is 5.73 Å². The molecule has 1 unspecified atom stereocenters. The molecule has 1 atom stereocenters. The second kappa shape index (κ2) is 7.42. The fourth-order valence-corrected chi connectivity index (χ4v) is 3.85. The van der Waals surface area contributed by atoms with Gasteiger partial charge < -0.3 is 5.73 Å². The first-order valence-electron chi connectivity index (χ1n) is 8.55. The molecule has 1 aliphatic rings. The molecule has 0 aliphatic heterocycles. The molecular formula is C19H32N2. The Kier molecular flexibility index (Phi) is 5.83. The summed E-state index contributed by atoms with van der Waals surface area (Å²) in [7, 11) is 0. The van der Waals surface area contributed by atoms with Crippen LogP contribution in [0.2, 0.25) is 0 Å². The lowest BCUT2D eigenvalue weighted by molar-refractivity contribution is 0.121. The molecule has 0 aromatic heterocycles. The molecule has 2 N–H and O–H groups in total. The molecule has 1 fully saturated rings. The number of nitrogens with zero attached hydrogens (tertiary/aromatic N) is 1. The zero-order valence-electron chi connectivity index (χ0n) is 14.2. The van der Waals surface area contributed by atoms with Crippen LogP contribution in [0.5, 0.6) is 0 Å². The minimum absolute atomic E-state index is 0.370. The van der Waals surface area contributed by atoms with Crippen LogP contribution in [-0.4, -0.2) is 24.0 Å². The van der Waals surface area contributed by atoms with Crippen molar-refractivity contribution in [1.82, 2.24) is 4.90 Å². The summed E-state index contributed by atoms with van der Waals surface area (Å²) in [5.74, 6) is 0.686. The van der Waals surface area contributed by atoms with Crippen LogP contribution in [0.3, 0.4) is 0 Å². The molecular weight excluding hydrogens is 256 g/mol. The molecule has 1 aliphatic carbocycles. The maximum absolute atomic E-state index is 6.21. The van der Waals surface area contributed by atoms with E-state index in [9.17, 15) is 0 Å². The van der Waals surface area contributed by atoms with Gasteiger partial charge in [-0.25, -0.2) is 0 Å². The van der Waals surface area contributed by atoms with Crippen molar-refractivity contribution in [1.29, 1.82) is 0 Å². The molecule has 0 bridgehead atoms. The fraction of sp³-hybridized carbons (Fsp3) is 0.684. The predicted molar refractivity (Wildman–Crippen MR) is 91.5 cm³/mol. The zero-order chi connectivity index (χ0) is 15.4. The quantitative estimate of drug-likeness (QED) is 0.850. The highest BCUT2D eigenvalue weighted by atomic mass is 15.2. The Balaban J connectivity index is 2.28. The minimum atomic E-state index is 0.370. The molecule has 2 heteroatoms. The summed E-state index contributed by atoms with van der Waals surface area (Å²) < 4.78 is 0. The lowest BCUT2D eigenvalue weighted by atomic mass is 9.97. The molecule has 1 saturated carbocycles. The fourth-order valence-electron chi connectivity index (χ4n) is 3.85. The van der Waals surface area contributed by atoms with Gasteiger partial charge in [0.25, 0.3) is 0 Å². The average molecular weight is 288 g/mol. The van der Waals surface area contributed by atoms with E-state index in [0.717, 1.165) is 12.6 Å². The maximum atomic E-state index is 6.21. The summed E-state index contributed by atoms with van der Waals surface area (Å²) in [5, 5.41) is 0. The third-order valence-electron chi connectivity index (χ3n) is 4.62. The van der Waals surface area contributed by atoms with Gasteiger partial charge in [0.05, 0.1) is 0 Å². The number of benzene rings is 1. The van der Waals surface area contributed by atoms with Crippen LogP contribution in [0, 0.1) is 19.8 Å². The van der Waals surface area contributed by atoms with Crippen LogP contribution in [0.15, 0.2) is 18.2 Å². The van der Waals surface area contributed by atoms with Gasteiger partial charge in [0.15, 0.2) is 0 Å². The van der Waals surface area contributed by atoms with Gasteiger partial charge in [-0.05, 0) is 38.2 Å². The van der Waals surface area contributed by atoms with Crippen LogP contribution in [0.4, 0.5) is 0 Å². The first-order chi connectivity index (χ1) is 10.0. The van der Waals surface area contributed by atoms with Crippen molar-refractivity contribution in [2.24, 2.45) is 11.7 Å². The van der Waals surface area contributed by atoms with E-state index in [0.29, 0.717) is 18.5 Å². The lowest BCUT2D eigenvalue weighted by Crippen LogP contribution is -2.42. The molecule has 0 radical (unpaired) electrons. The Labute approximate surface area is 130 Å². The number of hydrogen-bond donors (Lipinski definition) is 1. The van der Waals surface area contributed by atoms with E-state index in [1.165, 1.54) is 42.4 Å². The van der Waals surface area contributed by atoms with Crippen molar-refractivity contribution in [2.75, 3.05) is 13.1 Å². The van der Waals surface area contributed by atoms with Gasteiger partial charge in [-0.3, -0.25) is 4.90 Å². The van der Waals surface area contributed by atoms with Crippen molar-refractivity contribution < 1.29 is 0 Å². The SMILES string of the molecule is Cc1cc(C)cc(C(CN)N(CC(C)C)C2CCCC2)c1. The summed E-state index contributed by atoms with van der Waals surface area (Å²) in [5.41, 5.74) is 10.3. The Morgan fingerprint density at radius 1 is 1.10 bits per heavy atom. The Bertz CT molecular complexity index is 427. The molecule has 0 spiro atoms. The molecule has 118 valence electrons. The van der Waals surface area contributed by atoms with Crippen molar-refractivity contribution in [2.45, 2.75) is 65.5 Å². The van der Waals surface area contributed by atoms with Crippen molar-refractivity contribution >= 4 is 0 Å².